The molecule has 38 heavy (non-hydrogen) atoms. The smallest absolute Gasteiger partial charge is 0.0812 e. The van der Waals surface area contributed by atoms with Crippen LogP contribution in [-0.2, 0) is 6.42 Å². The fourth-order valence-corrected chi connectivity index (χ4v) is 18.3. The molecule has 2 aliphatic heterocycles. The second kappa shape index (κ2) is 17.5. The van der Waals surface area contributed by atoms with Gasteiger partial charge in [-0.15, -0.1) is 11.3 Å². The van der Waals surface area contributed by atoms with Crippen molar-refractivity contribution < 1.29 is 0 Å². The van der Waals surface area contributed by atoms with Gasteiger partial charge in [-0.2, -0.15) is 0 Å². The van der Waals surface area contributed by atoms with Crippen LogP contribution < -0.4 is 9.72 Å². The van der Waals surface area contributed by atoms with E-state index in [4.69, 9.17) is 0 Å². The van der Waals surface area contributed by atoms with Crippen molar-refractivity contribution in [3.8, 4) is 0 Å². The Bertz CT molecular complexity index is 1150. The minimum absolute atomic E-state index is 0.524. The second-order valence-corrected chi connectivity index (χ2v) is 19.7. The summed E-state index contributed by atoms with van der Waals surface area (Å²) in [5.41, 5.74) is 4.20. The molecule has 3 heteroatoms. The van der Waals surface area contributed by atoms with Gasteiger partial charge in [0.1, 0.15) is 0 Å². The second-order valence-electron chi connectivity index (χ2n) is 11.7. The Balaban J connectivity index is 1.03. The van der Waals surface area contributed by atoms with Gasteiger partial charge in [0.25, 0.3) is 0 Å². The number of hydrogen-bond donors (Lipinski definition) is 0. The molecule has 1 aromatic carbocycles. The van der Waals surface area contributed by atoms with Crippen molar-refractivity contribution in [2.24, 2.45) is 0 Å². The highest BCUT2D eigenvalue weighted by molar-refractivity contribution is 7.40. The zero-order chi connectivity index (χ0) is 26.3. The zero-order valence-electron chi connectivity index (χ0n) is 24.2. The van der Waals surface area contributed by atoms with Crippen LogP contribution in [0.15, 0.2) is 47.9 Å². The van der Waals surface area contributed by atoms with Crippen molar-refractivity contribution in [2.75, 3.05) is 0 Å². The van der Waals surface area contributed by atoms with E-state index in [1.165, 1.54) is 128 Å². The first-order valence-electron chi connectivity index (χ1n) is 16.2. The molecule has 0 bridgehead atoms. The van der Waals surface area contributed by atoms with Crippen LogP contribution in [0.4, 0.5) is 0 Å². The lowest BCUT2D eigenvalue weighted by Gasteiger charge is -2.09. The summed E-state index contributed by atoms with van der Waals surface area (Å²) in [5.74, 6) is 0. The molecular formula is C35H52SSi2. The number of thiophene rings is 1. The Morgan fingerprint density at radius 3 is 1.92 bits per heavy atom. The highest BCUT2D eigenvalue weighted by Crippen LogP contribution is 2.18. The van der Waals surface area contributed by atoms with Gasteiger partial charge in [-0.1, -0.05) is 163 Å². The SMILES string of the molecule is CCCCCCCCCCCCCCCCCCCCc1csc([Si]2=c3ccccc3=C3CC=CC=[Si]32)c1. The van der Waals surface area contributed by atoms with Crippen LogP contribution in [-0.4, -0.2) is 21.5 Å². The normalized spacial score (nSPS) is 14.2. The van der Waals surface area contributed by atoms with E-state index >= 15 is 0 Å². The molecule has 0 N–H and O–H groups in total. The fraction of sp³-hybridized carbons (Fsp3) is 0.600. The van der Waals surface area contributed by atoms with Crippen LogP contribution in [0.1, 0.15) is 134 Å². The van der Waals surface area contributed by atoms with Crippen molar-refractivity contribution in [1.29, 1.82) is 0 Å². The van der Waals surface area contributed by atoms with Crippen LogP contribution >= 0.6 is 11.3 Å². The molecule has 0 unspecified atom stereocenters. The topological polar surface area (TPSA) is 0 Å². The zero-order valence-corrected chi connectivity index (χ0v) is 27.1. The third kappa shape index (κ3) is 9.20. The first kappa shape index (κ1) is 29.8. The number of fused-ring (bicyclic) bond motifs is 2. The first-order chi connectivity index (χ1) is 18.9. The number of rotatable bonds is 20. The summed E-state index contributed by atoms with van der Waals surface area (Å²) in [6.45, 7) is 2.31. The minimum atomic E-state index is -0.609. The molecule has 0 saturated heterocycles. The maximum atomic E-state index is 2.61. The first-order valence-corrected chi connectivity index (χ1v) is 21.1. The number of aryl methyl sites for hydroxylation is 1. The van der Waals surface area contributed by atoms with E-state index < -0.39 is 15.9 Å². The van der Waals surface area contributed by atoms with Crippen LogP contribution in [0.2, 0.25) is 0 Å². The predicted octanol–water partition coefficient (Wildman–Crippen LogP) is 9.19. The summed E-state index contributed by atoms with van der Waals surface area (Å²) in [5, 5.41) is 5.87. The molecule has 0 nitrogen and oxygen atoms in total. The van der Waals surface area contributed by atoms with Gasteiger partial charge >= 0.3 is 0 Å². The van der Waals surface area contributed by atoms with E-state index in [-0.39, 0.29) is 0 Å². The minimum Gasteiger partial charge on any atom is -0.149 e. The lowest BCUT2D eigenvalue weighted by molar-refractivity contribution is 0.525. The maximum absolute atomic E-state index is 2.61. The molecule has 0 saturated carbocycles. The Hall–Kier alpha value is -1.17. The molecule has 1 aromatic heterocycles. The van der Waals surface area contributed by atoms with Crippen molar-refractivity contribution >= 4 is 42.6 Å². The summed E-state index contributed by atoms with van der Waals surface area (Å²) in [6.07, 6.45) is 33.3. The van der Waals surface area contributed by atoms with Crippen molar-refractivity contribution in [2.45, 2.75) is 135 Å². The van der Waals surface area contributed by atoms with Crippen LogP contribution in [0.3, 0.4) is 0 Å². The third-order valence-electron chi connectivity index (χ3n) is 8.56. The molecule has 0 radical (unpaired) electrons. The standard InChI is InChI=1S/C35H52SSi2/c1-2-3-4-5-6-7-8-9-10-11-12-13-14-15-16-17-18-19-24-31-29-35(36-30-31)38-34-27-21-20-25-32(34)33-26-22-23-28-37(33)38/h20-23,25,27-30H,2-19,24,26H2,1H3. The summed E-state index contributed by atoms with van der Waals surface area (Å²) in [6, 6.07) is 12.0. The average molecular weight is 561 g/mol. The third-order valence-corrected chi connectivity index (χ3v) is 19.3. The number of benzene rings is 1. The Morgan fingerprint density at radius 2 is 1.29 bits per heavy atom. The Labute approximate surface area is 240 Å². The quantitative estimate of drug-likeness (QED) is 0.112. The molecular weight excluding hydrogens is 509 g/mol. The largest absolute Gasteiger partial charge is 0.149 e. The molecule has 0 fully saturated rings. The molecule has 2 aromatic rings. The van der Waals surface area contributed by atoms with Gasteiger partial charge < -0.3 is 0 Å². The summed E-state index contributed by atoms with van der Waals surface area (Å²) in [7, 11) is -1.13. The van der Waals surface area contributed by atoms with E-state index in [9.17, 15) is 0 Å². The Morgan fingerprint density at radius 1 is 0.711 bits per heavy atom. The van der Waals surface area contributed by atoms with E-state index in [2.05, 4.69) is 71.8 Å². The predicted molar refractivity (Wildman–Crippen MR) is 176 cm³/mol. The monoisotopic (exact) mass is 560 g/mol. The fourth-order valence-electron chi connectivity index (χ4n) is 6.29. The Kier molecular flexibility index (Phi) is 13.7. The molecule has 0 atom stereocenters. The molecule has 0 amide bonds. The lowest BCUT2D eigenvalue weighted by Crippen LogP contribution is -2.32. The highest BCUT2D eigenvalue weighted by Gasteiger charge is 2.23. The highest BCUT2D eigenvalue weighted by atomic mass is 32.1. The molecule has 0 spiro atoms. The average Bonchev–Trinajstić information content (AvgIpc) is 3.54. The summed E-state index contributed by atoms with van der Waals surface area (Å²) in [4.78, 5) is 1.70. The van der Waals surface area contributed by atoms with Gasteiger partial charge in [0.15, 0.2) is 0 Å². The molecule has 3 heterocycles. The molecule has 0 aliphatic carbocycles. The van der Waals surface area contributed by atoms with E-state index in [1.54, 1.807) is 25.3 Å². The van der Waals surface area contributed by atoms with Crippen molar-refractivity contribution in [1.82, 2.24) is 0 Å². The van der Waals surface area contributed by atoms with E-state index in [0.717, 1.165) is 0 Å². The van der Waals surface area contributed by atoms with Crippen molar-refractivity contribution in [3.05, 3.63) is 63.5 Å². The maximum Gasteiger partial charge on any atom is 0.0812 e. The van der Waals surface area contributed by atoms with Gasteiger partial charge in [0, 0.05) is 4.50 Å². The van der Waals surface area contributed by atoms with E-state index in [0.29, 0.717) is 0 Å². The number of hydrogen-bond acceptors (Lipinski definition) is 1. The molecule has 206 valence electrons. The van der Waals surface area contributed by atoms with Gasteiger partial charge in [0.2, 0.25) is 0 Å². The molecule has 2 aliphatic rings. The summed E-state index contributed by atoms with van der Waals surface area (Å²) < 4.78 is 1.72. The van der Waals surface area contributed by atoms with Gasteiger partial charge in [-0.05, 0) is 46.3 Å². The van der Waals surface area contributed by atoms with Gasteiger partial charge in [-0.3, -0.25) is 0 Å². The van der Waals surface area contributed by atoms with E-state index in [1.807, 2.05) is 0 Å². The molecule has 4 rings (SSSR count). The van der Waals surface area contributed by atoms with Gasteiger partial charge in [0.05, 0.1) is 15.9 Å². The van der Waals surface area contributed by atoms with Crippen LogP contribution in [0.5, 0.6) is 0 Å². The lowest BCUT2D eigenvalue weighted by atomic mass is 10.0. The summed E-state index contributed by atoms with van der Waals surface area (Å²) >= 11 is 2.07. The number of allylic oxidation sites excluding steroid dienone is 2. The number of unbranched alkanes of at least 4 members (excludes halogenated alkanes) is 17. The van der Waals surface area contributed by atoms with Crippen LogP contribution in [0, 0.1) is 4.81 Å². The van der Waals surface area contributed by atoms with Crippen LogP contribution in [0.25, 0.3) is 5.20 Å². The van der Waals surface area contributed by atoms with Gasteiger partial charge in [-0.25, -0.2) is 0 Å². The van der Waals surface area contributed by atoms with Crippen molar-refractivity contribution in [3.63, 3.8) is 0 Å².